The fourth-order valence-electron chi connectivity index (χ4n) is 1.13. The normalized spacial score (nSPS) is 10.1. The van der Waals surface area contributed by atoms with Gasteiger partial charge in [0.05, 0.1) is 4.92 Å². The first kappa shape index (κ1) is 10.1. The predicted molar refractivity (Wildman–Crippen MR) is 54.2 cm³/mol. The molecule has 1 heterocycles. The van der Waals surface area contributed by atoms with E-state index >= 15 is 0 Å². The molecule has 0 atom stereocenters. The molecule has 0 saturated carbocycles. The van der Waals surface area contributed by atoms with Crippen LogP contribution in [0.4, 0.5) is 11.7 Å². The van der Waals surface area contributed by atoms with Crippen LogP contribution in [0.5, 0.6) is 0 Å². The molecule has 1 aromatic heterocycles. The Morgan fingerprint density at radius 1 is 1.38 bits per heavy atom. The van der Waals surface area contributed by atoms with Crippen molar-refractivity contribution in [2.24, 2.45) is 5.84 Å². The van der Waals surface area contributed by atoms with E-state index in [0.717, 1.165) is 0 Å². The number of nitrogen functional groups attached to an aromatic ring is 1. The molecule has 0 aliphatic carbocycles. The molecule has 0 aliphatic heterocycles. The van der Waals surface area contributed by atoms with E-state index in [-0.39, 0.29) is 11.7 Å². The molecule has 82 valence electrons. The van der Waals surface area contributed by atoms with Gasteiger partial charge in [-0.2, -0.15) is 4.98 Å². The molecule has 0 bridgehead atoms. The second kappa shape index (κ2) is 3.95. The molecule has 0 amide bonds. The average molecular weight is 221 g/mol. The topological polar surface area (TPSA) is 120 Å². The molecule has 8 nitrogen and oxygen atoms in total. The van der Waals surface area contributed by atoms with Crippen LogP contribution < -0.4 is 11.3 Å². The Hall–Kier alpha value is -2.48. The van der Waals surface area contributed by atoms with Crippen molar-refractivity contribution in [2.75, 3.05) is 5.43 Å². The van der Waals surface area contributed by atoms with E-state index in [9.17, 15) is 10.1 Å². The lowest BCUT2D eigenvalue weighted by atomic mass is 10.2. The highest BCUT2D eigenvalue weighted by Gasteiger charge is 2.09. The minimum Gasteiger partial charge on any atom is -0.314 e. The molecular formula is C8H7N5O3. The summed E-state index contributed by atoms with van der Waals surface area (Å²) in [5.41, 5.74) is 2.81. The molecule has 0 radical (unpaired) electrons. The summed E-state index contributed by atoms with van der Waals surface area (Å²) >= 11 is 0. The summed E-state index contributed by atoms with van der Waals surface area (Å²) in [5, 5.41) is 14.1. The van der Waals surface area contributed by atoms with Crippen molar-refractivity contribution < 1.29 is 9.45 Å². The summed E-state index contributed by atoms with van der Waals surface area (Å²) in [6, 6.07) is 5.86. The van der Waals surface area contributed by atoms with E-state index in [1.807, 2.05) is 0 Å². The number of benzene rings is 1. The zero-order chi connectivity index (χ0) is 11.5. The van der Waals surface area contributed by atoms with Crippen LogP contribution in [0, 0.1) is 10.1 Å². The Bertz CT molecular complexity index is 507. The van der Waals surface area contributed by atoms with E-state index < -0.39 is 4.92 Å². The fraction of sp³-hybridized carbons (Fsp3) is 0. The van der Waals surface area contributed by atoms with Gasteiger partial charge in [0, 0.05) is 17.7 Å². The van der Waals surface area contributed by atoms with Gasteiger partial charge in [0.25, 0.3) is 5.69 Å². The van der Waals surface area contributed by atoms with Gasteiger partial charge in [0.1, 0.15) is 0 Å². The highest BCUT2D eigenvalue weighted by atomic mass is 16.6. The fourth-order valence-corrected chi connectivity index (χ4v) is 1.13. The Balaban J connectivity index is 2.30. The molecule has 0 aliphatic rings. The van der Waals surface area contributed by atoms with Crippen molar-refractivity contribution in [3.05, 3.63) is 34.4 Å². The maximum absolute atomic E-state index is 10.4. The summed E-state index contributed by atoms with van der Waals surface area (Å²) in [7, 11) is 0. The number of non-ortho nitro benzene ring substituents is 1. The minimum absolute atomic E-state index is 0.00409. The smallest absolute Gasteiger partial charge is 0.314 e. The van der Waals surface area contributed by atoms with E-state index in [0.29, 0.717) is 11.4 Å². The number of nitrogens with zero attached hydrogens (tertiary/aromatic N) is 3. The van der Waals surface area contributed by atoms with Gasteiger partial charge >= 0.3 is 6.01 Å². The second-order valence-corrected chi connectivity index (χ2v) is 2.87. The van der Waals surface area contributed by atoms with Gasteiger partial charge in [-0.1, -0.05) is 5.16 Å². The quantitative estimate of drug-likeness (QED) is 0.449. The summed E-state index contributed by atoms with van der Waals surface area (Å²) in [6.45, 7) is 0. The Kier molecular flexibility index (Phi) is 2.48. The zero-order valence-electron chi connectivity index (χ0n) is 7.95. The Morgan fingerprint density at radius 2 is 2.06 bits per heavy atom. The first-order chi connectivity index (χ1) is 7.70. The number of nitrogens with one attached hydrogen (secondary N) is 1. The third-order valence-electron chi connectivity index (χ3n) is 1.89. The van der Waals surface area contributed by atoms with Crippen molar-refractivity contribution in [1.82, 2.24) is 10.1 Å². The lowest BCUT2D eigenvalue weighted by molar-refractivity contribution is -0.384. The summed E-state index contributed by atoms with van der Waals surface area (Å²) in [5.74, 6) is 5.38. The summed E-state index contributed by atoms with van der Waals surface area (Å²) in [6.07, 6.45) is 0. The number of hydrogen-bond donors (Lipinski definition) is 2. The molecule has 0 saturated heterocycles. The third-order valence-corrected chi connectivity index (χ3v) is 1.89. The van der Waals surface area contributed by atoms with E-state index in [4.69, 9.17) is 10.4 Å². The number of nitrogens with two attached hydrogens (primary N) is 1. The van der Waals surface area contributed by atoms with E-state index in [1.165, 1.54) is 24.3 Å². The molecule has 2 aromatic rings. The Morgan fingerprint density at radius 3 is 2.56 bits per heavy atom. The largest absolute Gasteiger partial charge is 0.335 e. The molecule has 0 unspecified atom stereocenters. The van der Waals surface area contributed by atoms with Crippen LogP contribution in [0.2, 0.25) is 0 Å². The standard InChI is InChI=1S/C8H7N5O3/c9-11-8-10-7(12-16-8)5-1-3-6(4-2-5)13(14)15/h1-4H,9H2,(H,10,11,12). The van der Waals surface area contributed by atoms with Gasteiger partial charge in [0.15, 0.2) is 0 Å². The van der Waals surface area contributed by atoms with Crippen molar-refractivity contribution in [3.8, 4) is 11.4 Å². The van der Waals surface area contributed by atoms with Crippen molar-refractivity contribution >= 4 is 11.7 Å². The lowest BCUT2D eigenvalue weighted by Crippen LogP contribution is -2.06. The van der Waals surface area contributed by atoms with Crippen molar-refractivity contribution in [2.45, 2.75) is 0 Å². The van der Waals surface area contributed by atoms with Crippen LogP contribution in [-0.2, 0) is 0 Å². The first-order valence-electron chi connectivity index (χ1n) is 4.26. The predicted octanol–water partition coefficient (Wildman–Crippen LogP) is 0.930. The van der Waals surface area contributed by atoms with Crippen LogP contribution in [0.25, 0.3) is 11.4 Å². The Labute approximate surface area is 89.2 Å². The molecule has 1 aromatic carbocycles. The first-order valence-corrected chi connectivity index (χ1v) is 4.26. The van der Waals surface area contributed by atoms with Gasteiger partial charge in [-0.05, 0) is 12.1 Å². The monoisotopic (exact) mass is 221 g/mol. The molecule has 8 heteroatoms. The molecule has 16 heavy (non-hydrogen) atoms. The highest BCUT2D eigenvalue weighted by Crippen LogP contribution is 2.20. The average Bonchev–Trinajstić information content (AvgIpc) is 2.77. The van der Waals surface area contributed by atoms with Gasteiger partial charge in [-0.3, -0.25) is 15.5 Å². The number of aromatic nitrogens is 2. The minimum atomic E-state index is -0.479. The molecule has 0 spiro atoms. The van der Waals surface area contributed by atoms with Crippen molar-refractivity contribution in [3.63, 3.8) is 0 Å². The van der Waals surface area contributed by atoms with Crippen LogP contribution in [0.1, 0.15) is 0 Å². The lowest BCUT2D eigenvalue weighted by Gasteiger charge is -1.93. The number of hydrogen-bond acceptors (Lipinski definition) is 7. The maximum Gasteiger partial charge on any atom is 0.335 e. The molecule has 3 N–H and O–H groups in total. The van der Waals surface area contributed by atoms with Gasteiger partial charge in [0.2, 0.25) is 5.82 Å². The molecule has 0 fully saturated rings. The third kappa shape index (κ3) is 1.81. The second-order valence-electron chi connectivity index (χ2n) is 2.87. The van der Waals surface area contributed by atoms with Crippen LogP contribution >= 0.6 is 0 Å². The zero-order valence-corrected chi connectivity index (χ0v) is 7.95. The highest BCUT2D eigenvalue weighted by molar-refractivity contribution is 5.57. The molecule has 2 rings (SSSR count). The van der Waals surface area contributed by atoms with Gasteiger partial charge in [-0.15, -0.1) is 0 Å². The number of hydrazine groups is 1. The molecular weight excluding hydrogens is 214 g/mol. The SMILES string of the molecule is NNc1nc(-c2ccc([N+](=O)[O-])cc2)no1. The van der Waals surface area contributed by atoms with Gasteiger partial charge in [-0.25, -0.2) is 5.84 Å². The van der Waals surface area contributed by atoms with E-state index in [1.54, 1.807) is 0 Å². The number of nitro benzene ring substituents is 1. The number of anilines is 1. The summed E-state index contributed by atoms with van der Waals surface area (Å²) in [4.78, 5) is 13.8. The summed E-state index contributed by atoms with van der Waals surface area (Å²) < 4.78 is 4.71. The van der Waals surface area contributed by atoms with Crippen LogP contribution in [-0.4, -0.2) is 15.1 Å². The van der Waals surface area contributed by atoms with Crippen molar-refractivity contribution in [1.29, 1.82) is 0 Å². The van der Waals surface area contributed by atoms with Gasteiger partial charge < -0.3 is 4.52 Å². The number of rotatable bonds is 3. The maximum atomic E-state index is 10.4. The van der Waals surface area contributed by atoms with Crippen LogP contribution in [0.15, 0.2) is 28.8 Å². The van der Waals surface area contributed by atoms with E-state index in [2.05, 4.69) is 15.6 Å². The van der Waals surface area contributed by atoms with Crippen LogP contribution in [0.3, 0.4) is 0 Å². The number of nitro groups is 1.